The van der Waals surface area contributed by atoms with Crippen LogP contribution in [0.5, 0.6) is 0 Å². The fraction of sp³-hybridized carbons (Fsp3) is 0.933. The topological polar surface area (TPSA) is 26.3 Å². The molecule has 9 atom stereocenters. The number of hydrogen-bond acceptors (Lipinski definition) is 2. The van der Waals surface area contributed by atoms with Gasteiger partial charge in [0.25, 0.3) is 0 Å². The van der Waals surface area contributed by atoms with Crippen LogP contribution in [-0.2, 0) is 9.53 Å². The first-order valence-corrected chi connectivity index (χ1v) is 7.46. The summed E-state index contributed by atoms with van der Waals surface area (Å²) >= 11 is 0. The van der Waals surface area contributed by atoms with E-state index in [0.717, 1.165) is 29.6 Å². The van der Waals surface area contributed by atoms with Crippen LogP contribution in [-0.4, -0.2) is 12.1 Å². The van der Waals surface area contributed by atoms with Gasteiger partial charge >= 0.3 is 5.97 Å². The molecule has 0 aromatic carbocycles. The number of ether oxygens (including phenoxy) is 1. The van der Waals surface area contributed by atoms with Gasteiger partial charge in [-0.25, -0.2) is 0 Å². The Balaban J connectivity index is 1.59. The van der Waals surface area contributed by atoms with Crippen molar-refractivity contribution in [1.82, 2.24) is 0 Å². The quantitative estimate of drug-likeness (QED) is 0.474. The van der Waals surface area contributed by atoms with Crippen LogP contribution in [0.2, 0.25) is 0 Å². The lowest BCUT2D eigenvalue weighted by atomic mass is 9.63. The SMILES string of the molecule is CC1OC(=O)C2C3CC(C12)C1C2CCC(C2)C31. The highest BCUT2D eigenvalue weighted by atomic mass is 16.6. The molecule has 4 bridgehead atoms. The van der Waals surface area contributed by atoms with E-state index < -0.39 is 0 Å². The molecule has 1 aliphatic heterocycles. The predicted octanol–water partition coefficient (Wildman–Crippen LogP) is 2.48. The summed E-state index contributed by atoms with van der Waals surface area (Å²) in [6, 6.07) is 0. The fourth-order valence-electron chi connectivity index (χ4n) is 6.94. The van der Waals surface area contributed by atoms with Gasteiger partial charge in [0.1, 0.15) is 6.10 Å². The lowest BCUT2D eigenvalue weighted by Gasteiger charge is -2.39. The van der Waals surface area contributed by atoms with Crippen LogP contribution in [0.1, 0.15) is 32.6 Å². The van der Waals surface area contributed by atoms with Gasteiger partial charge in [-0.1, -0.05) is 0 Å². The van der Waals surface area contributed by atoms with Crippen molar-refractivity contribution in [1.29, 1.82) is 0 Å². The second-order valence-corrected chi connectivity index (χ2v) is 7.30. The molecule has 0 aromatic rings. The highest BCUT2D eigenvalue weighted by Crippen LogP contribution is 2.72. The van der Waals surface area contributed by atoms with E-state index in [1.54, 1.807) is 0 Å². The zero-order valence-electron chi connectivity index (χ0n) is 10.3. The summed E-state index contributed by atoms with van der Waals surface area (Å²) in [7, 11) is 0. The summed E-state index contributed by atoms with van der Waals surface area (Å²) in [5, 5.41) is 0. The summed E-state index contributed by atoms with van der Waals surface area (Å²) in [6.45, 7) is 2.13. The summed E-state index contributed by atoms with van der Waals surface area (Å²) in [4.78, 5) is 12.0. The minimum atomic E-state index is 0.149. The molecule has 1 heterocycles. The number of esters is 1. The van der Waals surface area contributed by atoms with Crippen molar-refractivity contribution in [3.05, 3.63) is 0 Å². The van der Waals surface area contributed by atoms with Crippen LogP contribution in [0.3, 0.4) is 0 Å². The predicted molar refractivity (Wildman–Crippen MR) is 61.9 cm³/mol. The van der Waals surface area contributed by atoms with Gasteiger partial charge in [0.05, 0.1) is 5.92 Å². The minimum Gasteiger partial charge on any atom is -0.462 e. The Morgan fingerprint density at radius 1 is 1.00 bits per heavy atom. The summed E-state index contributed by atoms with van der Waals surface area (Å²) in [5.41, 5.74) is 0. The van der Waals surface area contributed by atoms with E-state index in [0.29, 0.717) is 17.8 Å². The lowest BCUT2D eigenvalue weighted by molar-refractivity contribution is -0.145. The molecule has 0 amide bonds. The van der Waals surface area contributed by atoms with Crippen molar-refractivity contribution in [2.45, 2.75) is 38.7 Å². The summed E-state index contributed by atoms with van der Waals surface area (Å²) in [6.07, 6.45) is 6.00. The van der Waals surface area contributed by atoms with Gasteiger partial charge in [-0.2, -0.15) is 0 Å². The number of fused-ring (bicyclic) bond motifs is 12. The van der Waals surface area contributed by atoms with E-state index in [4.69, 9.17) is 4.74 Å². The monoisotopic (exact) mass is 232 g/mol. The van der Waals surface area contributed by atoms with E-state index in [1.807, 2.05) is 0 Å². The van der Waals surface area contributed by atoms with Gasteiger partial charge in [0.15, 0.2) is 0 Å². The van der Waals surface area contributed by atoms with Crippen LogP contribution in [0.25, 0.3) is 0 Å². The number of carbonyl (C=O) groups excluding carboxylic acids is 1. The third kappa shape index (κ3) is 0.880. The largest absolute Gasteiger partial charge is 0.462 e. The Bertz CT molecular complexity index is 404. The Hall–Kier alpha value is -0.530. The Labute approximate surface area is 102 Å². The van der Waals surface area contributed by atoms with Gasteiger partial charge in [-0.3, -0.25) is 4.79 Å². The van der Waals surface area contributed by atoms with Crippen molar-refractivity contribution < 1.29 is 9.53 Å². The van der Waals surface area contributed by atoms with Crippen LogP contribution < -0.4 is 0 Å². The van der Waals surface area contributed by atoms with Gasteiger partial charge < -0.3 is 4.74 Å². The number of hydrogen-bond donors (Lipinski definition) is 0. The van der Waals surface area contributed by atoms with Crippen molar-refractivity contribution in [3.8, 4) is 0 Å². The molecule has 9 unspecified atom stereocenters. The molecule has 4 saturated carbocycles. The van der Waals surface area contributed by atoms with Crippen molar-refractivity contribution in [2.24, 2.45) is 47.3 Å². The molecule has 0 spiro atoms. The maximum Gasteiger partial charge on any atom is 0.309 e. The second-order valence-electron chi connectivity index (χ2n) is 7.30. The second kappa shape index (κ2) is 2.73. The van der Waals surface area contributed by atoms with E-state index >= 15 is 0 Å². The fourth-order valence-corrected chi connectivity index (χ4v) is 6.94. The van der Waals surface area contributed by atoms with E-state index in [9.17, 15) is 4.79 Å². The molecular weight excluding hydrogens is 212 g/mol. The zero-order valence-corrected chi connectivity index (χ0v) is 10.3. The summed E-state index contributed by atoms with van der Waals surface area (Å²) in [5.74, 6) is 6.48. The van der Waals surface area contributed by atoms with Crippen molar-refractivity contribution >= 4 is 5.97 Å². The highest BCUT2D eigenvalue weighted by Gasteiger charge is 2.70. The third-order valence-corrected chi connectivity index (χ3v) is 7.07. The molecule has 4 aliphatic carbocycles. The molecule has 2 nitrogen and oxygen atoms in total. The lowest BCUT2D eigenvalue weighted by Crippen LogP contribution is -2.39. The highest BCUT2D eigenvalue weighted by molar-refractivity contribution is 5.76. The standard InChI is InChI=1S/C15H20O2/c1-6-11-9-5-10(14(11)15(16)17-6)13-8-3-2-7(4-8)12(9)13/h6-14H,2-5H2,1H3. The van der Waals surface area contributed by atoms with Gasteiger partial charge in [0.2, 0.25) is 0 Å². The Morgan fingerprint density at radius 2 is 1.71 bits per heavy atom. The maximum atomic E-state index is 12.0. The molecule has 5 rings (SSSR count). The first-order chi connectivity index (χ1) is 8.25. The molecular formula is C15H20O2. The number of carbonyl (C=O) groups is 1. The molecule has 0 N–H and O–H groups in total. The smallest absolute Gasteiger partial charge is 0.309 e. The van der Waals surface area contributed by atoms with Crippen molar-refractivity contribution in [3.63, 3.8) is 0 Å². The molecule has 0 aromatic heterocycles. The average molecular weight is 232 g/mol. The van der Waals surface area contributed by atoms with Crippen LogP contribution >= 0.6 is 0 Å². The average Bonchev–Trinajstić information content (AvgIpc) is 3.03. The van der Waals surface area contributed by atoms with Gasteiger partial charge in [0, 0.05) is 5.92 Å². The zero-order chi connectivity index (χ0) is 11.3. The van der Waals surface area contributed by atoms with E-state index in [1.165, 1.54) is 25.7 Å². The van der Waals surface area contributed by atoms with E-state index in [2.05, 4.69) is 6.92 Å². The maximum absolute atomic E-state index is 12.0. The molecule has 2 heteroatoms. The Kier molecular flexibility index (Phi) is 1.51. The van der Waals surface area contributed by atoms with Gasteiger partial charge in [-0.15, -0.1) is 0 Å². The first-order valence-electron chi connectivity index (χ1n) is 7.46. The number of rotatable bonds is 0. The van der Waals surface area contributed by atoms with Gasteiger partial charge in [-0.05, 0) is 68.1 Å². The third-order valence-electron chi connectivity index (χ3n) is 7.07. The normalized spacial score (nSPS) is 66.2. The van der Waals surface area contributed by atoms with Crippen LogP contribution in [0, 0.1) is 47.3 Å². The molecule has 5 fully saturated rings. The number of cyclic esters (lactones) is 1. The molecule has 5 aliphatic rings. The molecule has 17 heavy (non-hydrogen) atoms. The summed E-state index contributed by atoms with van der Waals surface area (Å²) < 4.78 is 5.53. The Morgan fingerprint density at radius 3 is 2.47 bits per heavy atom. The van der Waals surface area contributed by atoms with Crippen LogP contribution in [0.4, 0.5) is 0 Å². The van der Waals surface area contributed by atoms with Crippen LogP contribution in [0.15, 0.2) is 0 Å². The molecule has 92 valence electrons. The molecule has 0 radical (unpaired) electrons. The van der Waals surface area contributed by atoms with Crippen molar-refractivity contribution in [2.75, 3.05) is 0 Å². The first kappa shape index (κ1) is 9.41. The molecule has 1 saturated heterocycles. The minimum absolute atomic E-state index is 0.149. The van der Waals surface area contributed by atoms with E-state index in [-0.39, 0.29) is 12.1 Å².